The van der Waals surface area contributed by atoms with Crippen LogP contribution in [0.25, 0.3) is 0 Å². The molecule has 2 aliphatic rings. The van der Waals surface area contributed by atoms with Crippen molar-refractivity contribution in [2.75, 3.05) is 28.7 Å². The summed E-state index contributed by atoms with van der Waals surface area (Å²) in [6.45, 7) is 5.17. The Bertz CT molecular complexity index is 1050. The van der Waals surface area contributed by atoms with Crippen molar-refractivity contribution in [3.8, 4) is 5.75 Å². The first-order valence-electron chi connectivity index (χ1n) is 10.7. The highest BCUT2D eigenvalue weighted by Gasteiger charge is 2.36. The van der Waals surface area contributed by atoms with Gasteiger partial charge in [0.1, 0.15) is 11.6 Å². The molecule has 4 rings (SSSR count). The predicted octanol–water partition coefficient (Wildman–Crippen LogP) is 2.61. The lowest BCUT2D eigenvalue weighted by Crippen LogP contribution is -2.42. The fourth-order valence-corrected chi connectivity index (χ4v) is 4.20. The molecule has 31 heavy (non-hydrogen) atoms. The Hall–Kier alpha value is -3.36. The number of anilines is 3. The highest BCUT2D eigenvalue weighted by molar-refractivity contribution is 6.05. The molecule has 1 aromatic heterocycles. The second-order valence-corrected chi connectivity index (χ2v) is 7.91. The largest absolute Gasteiger partial charge is 0.492 e. The first-order chi connectivity index (χ1) is 15.0. The molecule has 9 nitrogen and oxygen atoms in total. The number of benzene rings is 1. The van der Waals surface area contributed by atoms with E-state index in [1.807, 2.05) is 17.9 Å². The fraction of sp³-hybridized carbons (Fsp3) is 0.455. The van der Waals surface area contributed by atoms with Gasteiger partial charge in [-0.05, 0) is 45.2 Å². The molecule has 3 heterocycles. The molecule has 2 atom stereocenters. The van der Waals surface area contributed by atoms with E-state index in [-0.39, 0.29) is 29.8 Å². The zero-order chi connectivity index (χ0) is 22.0. The SMILES string of the molecule is CCOc1ccccc1NC(=O)[C@H]1CC(=O)Nc2nc(N3CCCC[C@H]3C)[nH]c(=O)c21. The normalized spacial score (nSPS) is 20.6. The van der Waals surface area contributed by atoms with Crippen LogP contribution in [0.1, 0.15) is 51.0 Å². The number of piperidine rings is 1. The van der Waals surface area contributed by atoms with Crippen LogP contribution in [0.3, 0.4) is 0 Å². The van der Waals surface area contributed by atoms with Crippen LogP contribution in [-0.4, -0.2) is 41.0 Å². The van der Waals surface area contributed by atoms with E-state index in [0.29, 0.717) is 24.0 Å². The topological polar surface area (TPSA) is 116 Å². The van der Waals surface area contributed by atoms with Crippen molar-refractivity contribution >= 4 is 29.3 Å². The monoisotopic (exact) mass is 425 g/mol. The molecule has 1 fully saturated rings. The molecular formula is C22H27N5O4. The van der Waals surface area contributed by atoms with Crippen molar-refractivity contribution < 1.29 is 14.3 Å². The number of hydrogen-bond donors (Lipinski definition) is 3. The quantitative estimate of drug-likeness (QED) is 0.678. The number of nitrogens with one attached hydrogen (secondary N) is 3. The summed E-state index contributed by atoms with van der Waals surface area (Å²) in [5.74, 6) is -0.621. The number of para-hydroxylation sites is 2. The van der Waals surface area contributed by atoms with Gasteiger partial charge in [-0.2, -0.15) is 4.98 Å². The van der Waals surface area contributed by atoms with E-state index < -0.39 is 17.4 Å². The van der Waals surface area contributed by atoms with E-state index in [4.69, 9.17) is 4.74 Å². The first kappa shape index (κ1) is 20.9. The molecule has 0 aliphatic carbocycles. The van der Waals surface area contributed by atoms with Crippen molar-refractivity contribution in [3.63, 3.8) is 0 Å². The number of aromatic amines is 1. The summed E-state index contributed by atoms with van der Waals surface area (Å²) in [5.41, 5.74) is 0.264. The van der Waals surface area contributed by atoms with Crippen LogP contribution in [0.5, 0.6) is 5.75 Å². The number of rotatable bonds is 5. The van der Waals surface area contributed by atoms with Gasteiger partial charge in [-0.1, -0.05) is 12.1 Å². The second kappa shape index (κ2) is 8.79. The molecule has 9 heteroatoms. The van der Waals surface area contributed by atoms with Gasteiger partial charge in [0.15, 0.2) is 0 Å². The van der Waals surface area contributed by atoms with E-state index in [1.165, 1.54) is 0 Å². The standard InChI is InChI=1S/C22H27N5O4/c1-3-31-16-10-5-4-9-15(16)23-20(29)14-12-17(28)24-19-18(14)21(30)26-22(25-19)27-11-7-6-8-13(27)2/h4-5,9-10,13-14H,3,6-8,11-12H2,1-2H3,(H,23,29)(H2,24,25,26,28,30)/t13-,14+/m1/s1. The van der Waals surface area contributed by atoms with Gasteiger partial charge in [0.05, 0.1) is 23.8 Å². The van der Waals surface area contributed by atoms with Crippen molar-refractivity contribution in [1.82, 2.24) is 9.97 Å². The van der Waals surface area contributed by atoms with Crippen LogP contribution < -0.4 is 25.8 Å². The van der Waals surface area contributed by atoms with Gasteiger partial charge in [-0.3, -0.25) is 19.4 Å². The number of aromatic nitrogens is 2. The Balaban J connectivity index is 1.65. The van der Waals surface area contributed by atoms with Crippen LogP contribution in [0.2, 0.25) is 0 Å². The van der Waals surface area contributed by atoms with E-state index in [9.17, 15) is 14.4 Å². The van der Waals surface area contributed by atoms with E-state index in [2.05, 4.69) is 27.5 Å². The summed E-state index contributed by atoms with van der Waals surface area (Å²) in [7, 11) is 0. The maximum atomic E-state index is 13.1. The van der Waals surface area contributed by atoms with E-state index >= 15 is 0 Å². The Morgan fingerprint density at radius 2 is 2.10 bits per heavy atom. The third-order valence-electron chi connectivity index (χ3n) is 5.77. The summed E-state index contributed by atoms with van der Waals surface area (Å²) in [6.07, 6.45) is 3.04. The lowest BCUT2D eigenvalue weighted by Gasteiger charge is -2.34. The predicted molar refractivity (Wildman–Crippen MR) is 118 cm³/mol. The second-order valence-electron chi connectivity index (χ2n) is 7.91. The molecule has 0 radical (unpaired) electrons. The molecule has 1 saturated heterocycles. The number of fused-ring (bicyclic) bond motifs is 1. The Kier molecular flexibility index (Phi) is 5.92. The molecule has 0 unspecified atom stereocenters. The van der Waals surface area contributed by atoms with Gasteiger partial charge in [0.25, 0.3) is 5.56 Å². The highest BCUT2D eigenvalue weighted by Crippen LogP contribution is 2.32. The zero-order valence-electron chi connectivity index (χ0n) is 17.7. The van der Waals surface area contributed by atoms with Crippen molar-refractivity contribution in [3.05, 3.63) is 40.2 Å². The molecule has 0 bridgehead atoms. The van der Waals surface area contributed by atoms with Gasteiger partial charge in [0, 0.05) is 19.0 Å². The lowest BCUT2D eigenvalue weighted by atomic mass is 9.92. The van der Waals surface area contributed by atoms with E-state index in [0.717, 1.165) is 25.8 Å². The van der Waals surface area contributed by atoms with Gasteiger partial charge < -0.3 is 20.3 Å². The molecule has 1 aromatic carbocycles. The molecule has 2 amide bonds. The number of hydrogen-bond acceptors (Lipinski definition) is 6. The summed E-state index contributed by atoms with van der Waals surface area (Å²) >= 11 is 0. The number of amides is 2. The smallest absolute Gasteiger partial charge is 0.258 e. The third kappa shape index (κ3) is 4.26. The lowest BCUT2D eigenvalue weighted by molar-refractivity contribution is -0.123. The maximum Gasteiger partial charge on any atom is 0.258 e. The average Bonchev–Trinajstić information content (AvgIpc) is 2.74. The van der Waals surface area contributed by atoms with E-state index in [1.54, 1.807) is 18.2 Å². The van der Waals surface area contributed by atoms with Crippen LogP contribution in [0, 0.1) is 0 Å². The minimum atomic E-state index is -0.942. The third-order valence-corrected chi connectivity index (χ3v) is 5.77. The Labute approximate surface area is 180 Å². The van der Waals surface area contributed by atoms with Crippen molar-refractivity contribution in [2.45, 2.75) is 51.5 Å². The summed E-state index contributed by atoms with van der Waals surface area (Å²) in [6, 6.07) is 7.29. The molecule has 164 valence electrons. The van der Waals surface area contributed by atoms with Crippen LogP contribution >= 0.6 is 0 Å². The molecule has 2 aromatic rings. The van der Waals surface area contributed by atoms with Gasteiger partial charge >= 0.3 is 0 Å². The zero-order valence-corrected chi connectivity index (χ0v) is 17.7. The van der Waals surface area contributed by atoms with Crippen LogP contribution in [0.15, 0.2) is 29.1 Å². The van der Waals surface area contributed by atoms with Crippen LogP contribution in [0.4, 0.5) is 17.5 Å². The summed E-state index contributed by atoms with van der Waals surface area (Å²) in [4.78, 5) is 47.8. The van der Waals surface area contributed by atoms with Crippen molar-refractivity contribution in [2.24, 2.45) is 0 Å². The summed E-state index contributed by atoms with van der Waals surface area (Å²) in [5, 5.41) is 5.48. The molecular weight excluding hydrogens is 398 g/mol. The minimum Gasteiger partial charge on any atom is -0.492 e. The number of ether oxygens (including phenoxy) is 1. The number of nitrogens with zero attached hydrogens (tertiary/aromatic N) is 2. The highest BCUT2D eigenvalue weighted by atomic mass is 16.5. The Morgan fingerprint density at radius 1 is 1.29 bits per heavy atom. The molecule has 0 saturated carbocycles. The average molecular weight is 425 g/mol. The van der Waals surface area contributed by atoms with Crippen LogP contribution in [-0.2, 0) is 9.59 Å². The molecule has 0 spiro atoms. The van der Waals surface area contributed by atoms with Gasteiger partial charge in [-0.25, -0.2) is 0 Å². The number of H-pyrrole nitrogens is 1. The minimum absolute atomic E-state index is 0.125. The molecule has 2 aliphatic heterocycles. The Morgan fingerprint density at radius 3 is 2.87 bits per heavy atom. The molecule has 3 N–H and O–H groups in total. The van der Waals surface area contributed by atoms with Gasteiger partial charge in [-0.15, -0.1) is 0 Å². The fourth-order valence-electron chi connectivity index (χ4n) is 4.20. The summed E-state index contributed by atoms with van der Waals surface area (Å²) < 4.78 is 5.55. The van der Waals surface area contributed by atoms with Gasteiger partial charge in [0.2, 0.25) is 17.8 Å². The number of carbonyl (C=O) groups excluding carboxylic acids is 2. The maximum absolute atomic E-state index is 13.1. The van der Waals surface area contributed by atoms with Crippen molar-refractivity contribution in [1.29, 1.82) is 0 Å². The number of carbonyl (C=O) groups is 2. The first-order valence-corrected chi connectivity index (χ1v) is 10.7.